The number of carbonyl (C=O) groups excluding carboxylic acids is 1. The third-order valence-electron chi connectivity index (χ3n) is 5.59. The van der Waals surface area contributed by atoms with Crippen LogP contribution in [0.2, 0.25) is 0 Å². The molecule has 1 atom stereocenters. The van der Waals surface area contributed by atoms with Gasteiger partial charge < -0.3 is 10.6 Å². The highest BCUT2D eigenvalue weighted by atomic mass is 32.2. The number of imidazole rings is 1. The lowest BCUT2D eigenvalue weighted by Crippen LogP contribution is -2.39. The van der Waals surface area contributed by atoms with E-state index in [0.717, 1.165) is 28.5 Å². The minimum absolute atomic E-state index is 0.0769. The second-order valence-electron chi connectivity index (χ2n) is 8.11. The number of nitrogen functional groups attached to an aromatic ring is 1. The second kappa shape index (κ2) is 8.38. The standard InChI is InChI=1S/C21H27N7O3S/c1-3-12-32(23,31)19-24-17(22)16-18(25-19)27(13-15-8-6-14(2)7-9-15)21(30)28(16)20(29)26-10-4-5-11-26/h6-9,23H,3-5,10-13H2,1-2H3,(H2,22,24,25)/t32-/m0/s1. The quantitative estimate of drug-likeness (QED) is 0.564. The number of anilines is 1. The van der Waals surface area contributed by atoms with E-state index in [0.29, 0.717) is 19.5 Å². The molecule has 0 spiro atoms. The SMILES string of the molecule is CCC[S@](=N)(=O)c1nc(N)c2c(n1)n(Cc1ccc(C)cc1)c(=O)n2C(=O)N1CCCC1. The maximum atomic E-state index is 13.4. The van der Waals surface area contributed by atoms with Crippen LogP contribution in [-0.4, -0.2) is 53.1 Å². The average molecular weight is 458 g/mol. The Kier molecular flexibility index (Phi) is 5.76. The number of carbonyl (C=O) groups is 1. The largest absolute Gasteiger partial charge is 0.382 e. The number of nitrogens with one attached hydrogen (secondary N) is 1. The molecule has 32 heavy (non-hydrogen) atoms. The van der Waals surface area contributed by atoms with E-state index >= 15 is 0 Å². The number of aromatic nitrogens is 4. The van der Waals surface area contributed by atoms with Crippen molar-refractivity contribution < 1.29 is 9.00 Å². The molecular formula is C21H27N7O3S. The Morgan fingerprint density at radius 3 is 2.47 bits per heavy atom. The number of nitrogens with two attached hydrogens (primary N) is 1. The van der Waals surface area contributed by atoms with Crippen molar-refractivity contribution in [1.82, 2.24) is 24.0 Å². The Bertz CT molecular complexity index is 1330. The number of likely N-dealkylation sites (tertiary alicyclic amines) is 1. The maximum Gasteiger partial charge on any atom is 0.339 e. The van der Waals surface area contributed by atoms with Crippen molar-refractivity contribution in [3.63, 3.8) is 0 Å². The molecule has 0 radical (unpaired) electrons. The van der Waals surface area contributed by atoms with Crippen LogP contribution in [0.5, 0.6) is 0 Å². The number of fused-ring (bicyclic) bond motifs is 1. The van der Waals surface area contributed by atoms with Crippen LogP contribution >= 0.6 is 0 Å². The zero-order valence-corrected chi connectivity index (χ0v) is 19.0. The first-order valence-electron chi connectivity index (χ1n) is 10.6. The number of rotatable bonds is 5. The van der Waals surface area contributed by atoms with Gasteiger partial charge >= 0.3 is 11.7 Å². The zero-order chi connectivity index (χ0) is 23.0. The third kappa shape index (κ3) is 3.88. The minimum atomic E-state index is -3.28. The number of hydrogen-bond acceptors (Lipinski definition) is 7. The van der Waals surface area contributed by atoms with Crippen LogP contribution < -0.4 is 11.4 Å². The molecule has 1 aromatic carbocycles. The van der Waals surface area contributed by atoms with E-state index in [1.165, 1.54) is 4.57 Å². The van der Waals surface area contributed by atoms with Gasteiger partial charge in [-0.2, -0.15) is 4.98 Å². The van der Waals surface area contributed by atoms with Crippen LogP contribution in [0.4, 0.5) is 10.6 Å². The predicted octanol–water partition coefficient (Wildman–Crippen LogP) is 2.41. The second-order valence-corrected chi connectivity index (χ2v) is 10.2. The fraction of sp³-hybridized carbons (Fsp3) is 0.429. The monoisotopic (exact) mass is 457 g/mol. The van der Waals surface area contributed by atoms with Gasteiger partial charge in [0, 0.05) is 18.8 Å². The summed E-state index contributed by atoms with van der Waals surface area (Å²) in [6.45, 7) is 5.06. The lowest BCUT2D eigenvalue weighted by molar-refractivity contribution is 0.210. The molecule has 170 valence electrons. The van der Waals surface area contributed by atoms with Gasteiger partial charge in [-0.25, -0.2) is 28.1 Å². The van der Waals surface area contributed by atoms with E-state index < -0.39 is 21.4 Å². The van der Waals surface area contributed by atoms with Crippen molar-refractivity contribution in [3.8, 4) is 0 Å². The summed E-state index contributed by atoms with van der Waals surface area (Å²) < 4.78 is 23.4. The first kappa shape index (κ1) is 22.0. The molecular weight excluding hydrogens is 430 g/mol. The molecule has 0 aliphatic carbocycles. The van der Waals surface area contributed by atoms with Gasteiger partial charge in [0.05, 0.1) is 6.54 Å². The number of hydrogen-bond donors (Lipinski definition) is 2. The Morgan fingerprint density at radius 1 is 1.19 bits per heavy atom. The molecule has 0 bridgehead atoms. The van der Waals surface area contributed by atoms with Gasteiger partial charge in [-0.15, -0.1) is 0 Å². The normalized spacial score (nSPS) is 15.9. The summed E-state index contributed by atoms with van der Waals surface area (Å²) in [6, 6.07) is 7.18. The number of nitrogens with zero attached hydrogens (tertiary/aromatic N) is 5. The van der Waals surface area contributed by atoms with Crippen LogP contribution in [-0.2, 0) is 16.3 Å². The highest BCUT2D eigenvalue weighted by Crippen LogP contribution is 2.23. The van der Waals surface area contributed by atoms with Crippen LogP contribution in [0.3, 0.4) is 0 Å². The number of aryl methyl sites for hydroxylation is 1. The van der Waals surface area contributed by atoms with Crippen molar-refractivity contribution in [2.75, 3.05) is 24.6 Å². The molecule has 2 aromatic heterocycles. The van der Waals surface area contributed by atoms with Crippen molar-refractivity contribution in [3.05, 3.63) is 45.9 Å². The summed E-state index contributed by atoms with van der Waals surface area (Å²) in [5.41, 5.74) is 7.72. The smallest absolute Gasteiger partial charge is 0.339 e. The minimum Gasteiger partial charge on any atom is -0.382 e. The Balaban J connectivity index is 1.95. The summed E-state index contributed by atoms with van der Waals surface area (Å²) >= 11 is 0. The van der Waals surface area contributed by atoms with Gasteiger partial charge in [0.2, 0.25) is 5.16 Å². The van der Waals surface area contributed by atoms with Gasteiger partial charge in [0.1, 0.15) is 15.2 Å². The summed E-state index contributed by atoms with van der Waals surface area (Å²) in [4.78, 5) is 36.7. The fourth-order valence-electron chi connectivity index (χ4n) is 3.92. The fourth-order valence-corrected chi connectivity index (χ4v) is 5.16. The third-order valence-corrected chi connectivity index (χ3v) is 7.34. The molecule has 4 rings (SSSR count). The van der Waals surface area contributed by atoms with Crippen molar-refractivity contribution in [2.24, 2.45) is 0 Å². The van der Waals surface area contributed by atoms with E-state index in [1.807, 2.05) is 38.1 Å². The lowest BCUT2D eigenvalue weighted by atomic mass is 10.1. The molecule has 1 amide bonds. The van der Waals surface area contributed by atoms with Gasteiger partial charge in [0.15, 0.2) is 11.5 Å². The molecule has 3 heterocycles. The van der Waals surface area contributed by atoms with Gasteiger partial charge in [-0.05, 0) is 31.7 Å². The predicted molar refractivity (Wildman–Crippen MR) is 122 cm³/mol. The van der Waals surface area contributed by atoms with E-state index in [4.69, 9.17) is 10.5 Å². The number of benzene rings is 1. The number of amides is 1. The topological polar surface area (TPSA) is 140 Å². The van der Waals surface area contributed by atoms with E-state index in [-0.39, 0.29) is 34.4 Å². The molecule has 1 aliphatic heterocycles. The summed E-state index contributed by atoms with van der Waals surface area (Å²) in [6.07, 6.45) is 2.25. The van der Waals surface area contributed by atoms with Crippen molar-refractivity contribution >= 4 is 32.7 Å². The van der Waals surface area contributed by atoms with Crippen LogP contribution in [0.1, 0.15) is 37.3 Å². The van der Waals surface area contributed by atoms with E-state index in [2.05, 4.69) is 9.97 Å². The van der Waals surface area contributed by atoms with Gasteiger partial charge in [-0.3, -0.25) is 4.57 Å². The Labute approximate surface area is 186 Å². The summed E-state index contributed by atoms with van der Waals surface area (Å²) in [5.74, 6) is -0.0542. The molecule has 1 fully saturated rings. The zero-order valence-electron chi connectivity index (χ0n) is 18.2. The summed E-state index contributed by atoms with van der Waals surface area (Å²) in [7, 11) is -3.28. The van der Waals surface area contributed by atoms with E-state index in [9.17, 15) is 13.8 Å². The van der Waals surface area contributed by atoms with Gasteiger partial charge in [0.25, 0.3) is 0 Å². The molecule has 11 heteroatoms. The highest BCUT2D eigenvalue weighted by molar-refractivity contribution is 7.92. The van der Waals surface area contributed by atoms with Crippen LogP contribution in [0.15, 0.2) is 34.2 Å². The average Bonchev–Trinajstić information content (AvgIpc) is 3.37. The van der Waals surface area contributed by atoms with Crippen LogP contribution in [0.25, 0.3) is 11.2 Å². The van der Waals surface area contributed by atoms with Crippen LogP contribution in [0, 0.1) is 11.7 Å². The molecule has 3 aromatic rings. The summed E-state index contributed by atoms with van der Waals surface area (Å²) in [5, 5.41) is -0.215. The maximum absolute atomic E-state index is 13.4. The molecule has 1 saturated heterocycles. The van der Waals surface area contributed by atoms with E-state index in [1.54, 1.807) is 4.90 Å². The first-order valence-corrected chi connectivity index (χ1v) is 12.4. The first-order chi connectivity index (χ1) is 15.2. The molecule has 1 aliphatic rings. The molecule has 10 nitrogen and oxygen atoms in total. The molecule has 0 saturated carbocycles. The Morgan fingerprint density at radius 2 is 1.84 bits per heavy atom. The molecule has 0 unspecified atom stereocenters. The lowest BCUT2D eigenvalue weighted by Gasteiger charge is -2.15. The molecule has 3 N–H and O–H groups in total. The highest BCUT2D eigenvalue weighted by Gasteiger charge is 2.29. The Hall–Kier alpha value is -3.21. The van der Waals surface area contributed by atoms with Crippen molar-refractivity contribution in [2.45, 2.75) is 44.8 Å². The van der Waals surface area contributed by atoms with Gasteiger partial charge in [-0.1, -0.05) is 36.8 Å². The van der Waals surface area contributed by atoms with Crippen molar-refractivity contribution in [1.29, 1.82) is 4.78 Å².